The van der Waals surface area contributed by atoms with Gasteiger partial charge in [-0.25, -0.2) is 4.79 Å². The number of piperidine rings is 1. The Balaban J connectivity index is 1.69. The van der Waals surface area contributed by atoms with Crippen molar-refractivity contribution < 1.29 is 15.0 Å². The molecule has 0 spiro atoms. The van der Waals surface area contributed by atoms with E-state index in [1.807, 2.05) is 15.9 Å². The number of amides is 2. The monoisotopic (exact) mass is 358 g/mol. The van der Waals surface area contributed by atoms with Crippen LogP contribution in [0.5, 0.6) is 5.75 Å². The summed E-state index contributed by atoms with van der Waals surface area (Å²) < 4.78 is 0. The van der Waals surface area contributed by atoms with Crippen LogP contribution < -0.4 is 0 Å². The maximum atomic E-state index is 13.3. The number of aliphatic hydroxyl groups is 1. The molecule has 1 aromatic rings. The maximum absolute atomic E-state index is 13.3. The molecule has 0 saturated carbocycles. The first-order valence-corrected chi connectivity index (χ1v) is 9.77. The Bertz CT molecular complexity index is 732. The van der Waals surface area contributed by atoms with Crippen LogP contribution in [0.25, 0.3) is 0 Å². The molecule has 2 amide bonds. The van der Waals surface area contributed by atoms with Gasteiger partial charge >= 0.3 is 6.03 Å². The van der Waals surface area contributed by atoms with Gasteiger partial charge in [-0.05, 0) is 41.9 Å². The molecule has 3 aliphatic rings. The van der Waals surface area contributed by atoms with Crippen LogP contribution in [0.15, 0.2) is 18.2 Å². The van der Waals surface area contributed by atoms with Crippen molar-refractivity contribution in [3.8, 4) is 5.75 Å². The third-order valence-corrected chi connectivity index (χ3v) is 7.69. The van der Waals surface area contributed by atoms with E-state index in [2.05, 4.69) is 26.8 Å². The maximum Gasteiger partial charge on any atom is 0.320 e. The van der Waals surface area contributed by atoms with Crippen LogP contribution in [0.4, 0.5) is 4.79 Å². The minimum absolute atomic E-state index is 0.0561. The van der Waals surface area contributed by atoms with Crippen molar-refractivity contribution >= 4 is 6.03 Å². The first kappa shape index (κ1) is 17.7. The van der Waals surface area contributed by atoms with Gasteiger partial charge in [0.15, 0.2) is 0 Å². The van der Waals surface area contributed by atoms with E-state index in [0.717, 1.165) is 31.5 Å². The van der Waals surface area contributed by atoms with Gasteiger partial charge in [0, 0.05) is 43.6 Å². The lowest BCUT2D eigenvalue weighted by Gasteiger charge is -2.61. The van der Waals surface area contributed by atoms with E-state index in [9.17, 15) is 15.0 Å². The topological polar surface area (TPSA) is 64.0 Å². The molecule has 1 aliphatic carbocycles. The molecule has 5 heteroatoms. The van der Waals surface area contributed by atoms with Crippen molar-refractivity contribution in [2.45, 2.75) is 51.5 Å². The molecule has 1 aromatic carbocycles. The average molecular weight is 358 g/mol. The van der Waals surface area contributed by atoms with Gasteiger partial charge in [-0.1, -0.05) is 32.9 Å². The van der Waals surface area contributed by atoms with Gasteiger partial charge in [0.1, 0.15) is 5.75 Å². The van der Waals surface area contributed by atoms with Crippen LogP contribution >= 0.6 is 0 Å². The summed E-state index contributed by atoms with van der Waals surface area (Å²) in [5.41, 5.74) is 2.12. The Morgan fingerprint density at radius 2 is 2.04 bits per heavy atom. The molecule has 142 valence electrons. The lowest BCUT2D eigenvalue weighted by atomic mass is 9.51. The summed E-state index contributed by atoms with van der Waals surface area (Å²) in [5, 5.41) is 19.9. The van der Waals surface area contributed by atoms with Gasteiger partial charge in [0.2, 0.25) is 0 Å². The Labute approximate surface area is 155 Å². The summed E-state index contributed by atoms with van der Waals surface area (Å²) in [5.74, 6) is 0.559. The zero-order valence-electron chi connectivity index (χ0n) is 16.0. The highest BCUT2D eigenvalue weighted by Crippen LogP contribution is 2.57. The van der Waals surface area contributed by atoms with Crippen LogP contribution in [0.2, 0.25) is 0 Å². The molecular weight excluding hydrogens is 328 g/mol. The Morgan fingerprint density at radius 1 is 1.27 bits per heavy atom. The molecular formula is C21H30N2O3. The van der Waals surface area contributed by atoms with Crippen molar-refractivity contribution in [1.82, 2.24) is 9.80 Å². The highest BCUT2D eigenvalue weighted by molar-refractivity contribution is 5.76. The summed E-state index contributed by atoms with van der Waals surface area (Å²) >= 11 is 0. The van der Waals surface area contributed by atoms with Crippen LogP contribution in [-0.2, 0) is 11.8 Å². The number of nitrogens with zero attached hydrogens (tertiary/aromatic N) is 2. The largest absolute Gasteiger partial charge is 0.508 e. The molecule has 5 nitrogen and oxygen atoms in total. The molecule has 0 aromatic heterocycles. The molecule has 4 rings (SSSR count). The van der Waals surface area contributed by atoms with E-state index in [1.54, 1.807) is 6.07 Å². The minimum Gasteiger partial charge on any atom is -0.508 e. The third kappa shape index (κ3) is 2.29. The number of hydrogen-bond acceptors (Lipinski definition) is 3. The number of rotatable bonds is 1. The first-order valence-electron chi connectivity index (χ1n) is 9.77. The fourth-order valence-electron chi connectivity index (χ4n) is 5.49. The van der Waals surface area contributed by atoms with Crippen molar-refractivity contribution in [3.63, 3.8) is 0 Å². The number of urea groups is 1. The molecule has 26 heavy (non-hydrogen) atoms. The summed E-state index contributed by atoms with van der Waals surface area (Å²) in [6.07, 6.45) is 2.48. The van der Waals surface area contributed by atoms with E-state index in [1.165, 1.54) is 5.56 Å². The van der Waals surface area contributed by atoms with Crippen molar-refractivity contribution in [2.75, 3.05) is 26.2 Å². The number of aliphatic hydroxyl groups excluding tert-OH is 1. The van der Waals surface area contributed by atoms with Crippen molar-refractivity contribution in [1.29, 1.82) is 0 Å². The SMILES string of the molecule is CC1(C)[C@H]2Cc3c(O)cccc3[C@]1(C)CCN2C(=O)N1CCC(CO)C1. The van der Waals surface area contributed by atoms with Gasteiger partial charge in [-0.2, -0.15) is 0 Å². The van der Waals surface area contributed by atoms with E-state index in [4.69, 9.17) is 0 Å². The van der Waals surface area contributed by atoms with E-state index >= 15 is 0 Å². The summed E-state index contributed by atoms with van der Waals surface area (Å²) in [7, 11) is 0. The fourth-order valence-corrected chi connectivity index (χ4v) is 5.49. The molecule has 2 fully saturated rings. The Kier molecular flexibility index (Phi) is 3.99. The second kappa shape index (κ2) is 5.88. The zero-order chi connectivity index (χ0) is 18.7. The van der Waals surface area contributed by atoms with Crippen LogP contribution in [0, 0.1) is 11.3 Å². The lowest BCUT2D eigenvalue weighted by molar-refractivity contribution is -0.0228. The second-order valence-corrected chi connectivity index (χ2v) is 9.09. The van der Waals surface area contributed by atoms with Crippen molar-refractivity contribution in [3.05, 3.63) is 29.3 Å². The van der Waals surface area contributed by atoms with Crippen LogP contribution in [0.3, 0.4) is 0 Å². The highest BCUT2D eigenvalue weighted by Gasteiger charge is 2.57. The predicted octanol–water partition coefficient (Wildman–Crippen LogP) is 2.74. The number of hydrogen-bond donors (Lipinski definition) is 2. The quantitative estimate of drug-likeness (QED) is 0.811. The predicted molar refractivity (Wildman–Crippen MR) is 100 cm³/mol. The van der Waals surface area contributed by atoms with Gasteiger partial charge in [-0.3, -0.25) is 0 Å². The molecule has 2 saturated heterocycles. The molecule has 2 bridgehead atoms. The van der Waals surface area contributed by atoms with E-state index in [-0.39, 0.29) is 35.4 Å². The number of carbonyl (C=O) groups excluding carboxylic acids is 1. The number of fused-ring (bicyclic) bond motifs is 4. The van der Waals surface area contributed by atoms with Gasteiger partial charge < -0.3 is 20.0 Å². The number of likely N-dealkylation sites (tertiary alicyclic amines) is 2. The lowest BCUT2D eigenvalue weighted by Crippen LogP contribution is -2.66. The van der Waals surface area contributed by atoms with Crippen LogP contribution in [0.1, 0.15) is 44.7 Å². The van der Waals surface area contributed by atoms with Gasteiger partial charge in [0.25, 0.3) is 0 Å². The number of phenolic OH excluding ortho intramolecular Hbond substituents is 1. The van der Waals surface area contributed by atoms with Gasteiger partial charge in [0.05, 0.1) is 0 Å². The average Bonchev–Trinajstić information content (AvgIpc) is 3.07. The summed E-state index contributed by atoms with van der Waals surface area (Å²) in [6.45, 7) is 9.11. The normalized spacial score (nSPS) is 32.5. The fraction of sp³-hybridized carbons (Fsp3) is 0.667. The Morgan fingerprint density at radius 3 is 2.73 bits per heavy atom. The Hall–Kier alpha value is -1.75. The summed E-state index contributed by atoms with van der Waals surface area (Å²) in [4.78, 5) is 17.2. The smallest absolute Gasteiger partial charge is 0.320 e. The van der Waals surface area contributed by atoms with Crippen LogP contribution in [-0.4, -0.2) is 58.3 Å². The molecule has 2 N–H and O–H groups in total. The van der Waals surface area contributed by atoms with E-state index < -0.39 is 0 Å². The number of aromatic hydroxyl groups is 1. The standard InChI is InChI=1S/C21H30N2O3/c1-20(2)18-11-15-16(5-4-6-17(15)25)21(20,3)8-10-23(18)19(26)22-9-7-14(12-22)13-24/h4-6,14,18,24-25H,7-13H2,1-3H3/t14?,18-,21+/m1/s1. The zero-order valence-corrected chi connectivity index (χ0v) is 16.0. The van der Waals surface area contributed by atoms with E-state index in [0.29, 0.717) is 18.7 Å². The second-order valence-electron chi connectivity index (χ2n) is 9.09. The number of benzene rings is 1. The van der Waals surface area contributed by atoms with Crippen molar-refractivity contribution in [2.24, 2.45) is 11.3 Å². The minimum atomic E-state index is -0.0716. The third-order valence-electron chi connectivity index (χ3n) is 7.69. The molecule has 3 atom stereocenters. The number of phenols is 1. The summed E-state index contributed by atoms with van der Waals surface area (Å²) in [6, 6.07) is 6.01. The van der Waals surface area contributed by atoms with Gasteiger partial charge in [-0.15, -0.1) is 0 Å². The first-order chi connectivity index (χ1) is 12.3. The number of carbonyl (C=O) groups is 1. The molecule has 1 unspecified atom stereocenters. The molecule has 2 aliphatic heterocycles. The molecule has 0 radical (unpaired) electrons. The molecule has 2 heterocycles. The highest BCUT2D eigenvalue weighted by atomic mass is 16.3.